The number of amides is 1. The Balaban J connectivity index is -0.000000233. The molecule has 117 heavy (non-hydrogen) atoms. The average Bonchev–Trinajstić information content (AvgIpc) is 0.837. The molecule has 9 heteroatoms. The maximum absolute atomic E-state index is 11.5. The highest BCUT2D eigenvalue weighted by atomic mass is 32.2. The number of carbonyl (C=O) groups excluding carboxylic acids is 1. The van der Waals surface area contributed by atoms with E-state index < -0.39 is 0 Å². The number of hydrogen-bond acceptors (Lipinski definition) is 8. The Morgan fingerprint density at radius 1 is 0.359 bits per heavy atom. The molecule has 0 bridgehead atoms. The predicted molar refractivity (Wildman–Crippen MR) is 539 cm³/mol. The minimum absolute atomic E-state index is 0.0257. The lowest BCUT2D eigenvalue weighted by molar-refractivity contribution is -0.121. The molecule has 0 radical (unpaired) electrons. The summed E-state index contributed by atoms with van der Waals surface area (Å²) in [4.78, 5) is 19.1. The lowest BCUT2D eigenvalue weighted by Crippen LogP contribution is -2.57. The van der Waals surface area contributed by atoms with Gasteiger partial charge in [-0.25, -0.2) is 0 Å². The van der Waals surface area contributed by atoms with E-state index >= 15 is 0 Å². The van der Waals surface area contributed by atoms with Crippen LogP contribution in [0.2, 0.25) is 0 Å². The van der Waals surface area contributed by atoms with Crippen molar-refractivity contribution < 1.29 is 19.0 Å². The molecule has 0 aromatic heterocycles. The van der Waals surface area contributed by atoms with Gasteiger partial charge in [0.2, 0.25) is 5.91 Å². The molecule has 1 N–H and O–H groups in total. The number of nitrogens with zero attached hydrogens (tertiary/aromatic N) is 3. The quantitative estimate of drug-likeness (QED) is 0.109. The summed E-state index contributed by atoms with van der Waals surface area (Å²) in [5.74, 6) is 1.50. The fourth-order valence-electron chi connectivity index (χ4n) is 11.3. The number of carbonyl (C=O) groups is 1. The Kier molecular flexibility index (Phi) is 62.6. The number of unbranched alkanes of at least 4 members (excludes halogenated alkanes) is 1. The average molecular weight is 1680 g/mol. The fourth-order valence-corrected chi connectivity index (χ4v) is 12.2. The molecule has 1 saturated heterocycles. The molecule has 8 nitrogen and oxygen atoms in total. The van der Waals surface area contributed by atoms with E-state index in [1.165, 1.54) is 133 Å². The van der Waals surface area contributed by atoms with Crippen LogP contribution in [-0.2, 0) is 30.8 Å². The van der Waals surface area contributed by atoms with E-state index in [1.54, 1.807) is 0 Å². The van der Waals surface area contributed by atoms with Crippen molar-refractivity contribution in [3.05, 3.63) is 35.4 Å². The van der Waals surface area contributed by atoms with Gasteiger partial charge in [-0.3, -0.25) is 14.6 Å². The highest BCUT2D eigenvalue weighted by Crippen LogP contribution is 2.33. The lowest BCUT2D eigenvalue weighted by Gasteiger charge is -2.46. The zero-order valence-electron chi connectivity index (χ0n) is 91.5. The van der Waals surface area contributed by atoms with Crippen molar-refractivity contribution in [2.75, 3.05) is 78.5 Å². The zero-order chi connectivity index (χ0) is 94.6. The fraction of sp³-hybridized carbons (Fsp3) is 0.935. The van der Waals surface area contributed by atoms with Crippen LogP contribution in [0.3, 0.4) is 0 Å². The third-order valence-corrected chi connectivity index (χ3v) is 20.4. The van der Waals surface area contributed by atoms with Crippen LogP contribution in [0, 0.1) is 59.6 Å². The predicted octanol–water partition coefficient (Wildman–Crippen LogP) is 33.4. The van der Waals surface area contributed by atoms with Gasteiger partial charge in [0.1, 0.15) is 0 Å². The second-order valence-corrected chi connectivity index (χ2v) is 57.0. The number of thioether (sulfide) groups is 1. The van der Waals surface area contributed by atoms with Gasteiger partial charge < -0.3 is 24.4 Å². The van der Waals surface area contributed by atoms with Crippen molar-refractivity contribution in [2.45, 2.75) is 521 Å². The minimum Gasteiger partial charge on any atom is -0.379 e. The number of nitrogens with one attached hydrogen (secondary N) is 1. The van der Waals surface area contributed by atoms with Crippen molar-refractivity contribution >= 4 is 17.7 Å². The molecule has 1 aliphatic heterocycles. The molecule has 1 heterocycles. The molecule has 1 aliphatic rings. The largest absolute Gasteiger partial charge is 0.379 e. The molecule has 1 amide bonds. The van der Waals surface area contributed by atoms with Crippen molar-refractivity contribution in [2.24, 2.45) is 59.6 Å². The molecule has 0 spiro atoms. The molecule has 708 valence electrons. The van der Waals surface area contributed by atoms with E-state index in [1.807, 2.05) is 0 Å². The van der Waals surface area contributed by atoms with Gasteiger partial charge in [0, 0.05) is 67.1 Å². The third-order valence-electron chi connectivity index (χ3n) is 19.1. The number of rotatable bonds is 23. The second kappa shape index (κ2) is 56.8. The molecular weight excluding hydrogens is 1450 g/mol. The number of benzene rings is 1. The molecule has 1 aromatic carbocycles. The van der Waals surface area contributed by atoms with Crippen molar-refractivity contribution in [3.63, 3.8) is 0 Å². The van der Waals surface area contributed by atoms with Gasteiger partial charge in [-0.1, -0.05) is 314 Å². The van der Waals surface area contributed by atoms with Crippen LogP contribution in [0.25, 0.3) is 0 Å². The highest BCUT2D eigenvalue weighted by Gasteiger charge is 2.31. The first-order valence-corrected chi connectivity index (χ1v) is 48.2. The second-order valence-electron chi connectivity index (χ2n) is 55.1. The number of ether oxygens (including phenoxy) is 3. The Hall–Kier alpha value is -1.20. The summed E-state index contributed by atoms with van der Waals surface area (Å²) in [6.07, 6.45) is 21.1. The van der Waals surface area contributed by atoms with E-state index in [9.17, 15) is 4.79 Å². The van der Waals surface area contributed by atoms with Crippen LogP contribution >= 0.6 is 11.8 Å². The van der Waals surface area contributed by atoms with Gasteiger partial charge in [-0.05, 0) is 283 Å². The van der Waals surface area contributed by atoms with Gasteiger partial charge >= 0.3 is 0 Å². The molecule has 1 aromatic rings. The van der Waals surface area contributed by atoms with E-state index in [4.69, 9.17) is 14.2 Å². The molecule has 2 rings (SSSR count). The van der Waals surface area contributed by atoms with Crippen LogP contribution in [0.1, 0.15) is 488 Å². The van der Waals surface area contributed by atoms with E-state index in [0.29, 0.717) is 89.7 Å². The van der Waals surface area contributed by atoms with Crippen LogP contribution in [0.4, 0.5) is 0 Å². The molecule has 0 aliphatic carbocycles. The summed E-state index contributed by atoms with van der Waals surface area (Å²) in [5.41, 5.74) is 8.80. The molecule has 0 atom stereocenters. The summed E-state index contributed by atoms with van der Waals surface area (Å²) in [6.45, 7) is 132. The molecular formula is C108H226N4O4S. The van der Waals surface area contributed by atoms with Crippen LogP contribution in [-0.4, -0.2) is 132 Å². The Labute approximate surface area is 746 Å². The van der Waals surface area contributed by atoms with Crippen molar-refractivity contribution in [1.82, 2.24) is 20.0 Å². The van der Waals surface area contributed by atoms with Crippen molar-refractivity contribution in [1.29, 1.82) is 0 Å². The summed E-state index contributed by atoms with van der Waals surface area (Å²) in [6, 6.07) is 9.07. The Morgan fingerprint density at radius 2 is 0.675 bits per heavy atom. The first-order chi connectivity index (χ1) is 51.2. The maximum atomic E-state index is 11.5. The molecule has 1 fully saturated rings. The maximum Gasteiger partial charge on any atom is 0.220 e. The number of piperazine rings is 1. The van der Waals surface area contributed by atoms with E-state index in [-0.39, 0.29) is 33.4 Å². The normalized spacial score (nSPS) is 14.5. The van der Waals surface area contributed by atoms with Gasteiger partial charge in [-0.15, -0.1) is 0 Å². The summed E-state index contributed by atoms with van der Waals surface area (Å²) < 4.78 is 17.1. The zero-order valence-corrected chi connectivity index (χ0v) is 92.3. The van der Waals surface area contributed by atoms with Crippen LogP contribution in [0.5, 0.6) is 0 Å². The highest BCUT2D eigenvalue weighted by molar-refractivity contribution is 8.00. The standard InChI is InChI=1S/C15H24.C13H27NO.C12H26N2.C12H27N.C12H26.C11H24O2.C11H24O.C11H24S.C11H24/c1-14(2,3)11-12-7-9-13(10-8-12)15(4,5)6;1-12(2,3)8-7-11(15)14-10-9-13(4,5)6;1-11(2,3)13-7-9-14(10-8-13)12(4,5)6;1-11(2,3)9-8-10-13(7)12(4,5)6;1-11(2,3)9-7-8-10-12(4,5)6;1-10(2,3)9-12-7-8-13-11(4,5)6;2*1-10(2,3)8-7-9-12-11(4,5)6;1-10(2,3)8-7-9-11(4,5)6/h7-10H,11H2,1-6H3;7-10H2,1-6H3,(H,14,15);7-10H2,1-6H3;8-10H2,1-7H3;7-10H2,1-6H3;7-9H2,1-6H3;2*7-9H2,1-6H3;7-9H2,1-6H3. The lowest BCUT2D eigenvalue weighted by atomic mass is 9.84. The van der Waals surface area contributed by atoms with Gasteiger partial charge in [0.05, 0.1) is 31.0 Å². The monoisotopic (exact) mass is 1680 g/mol. The third kappa shape index (κ3) is 115. The summed E-state index contributed by atoms with van der Waals surface area (Å²) in [5, 5.41) is 2.97. The molecule has 0 saturated carbocycles. The number of hydrogen-bond donors (Lipinski definition) is 1. The van der Waals surface area contributed by atoms with Crippen molar-refractivity contribution in [3.8, 4) is 0 Å². The summed E-state index contributed by atoms with van der Waals surface area (Å²) >= 11 is 2.07. The first kappa shape index (κ1) is 129. The van der Waals surface area contributed by atoms with E-state index in [0.717, 1.165) is 39.0 Å². The SMILES string of the molecule is CC(C)(C)CCCC(C)(C)C.CC(C)(C)CCCCC(C)(C)C.CC(C)(C)CCCOC(C)(C)C.CC(C)(C)CCCSC(C)(C)C.CC(C)(C)CCNC(=O)CCC(C)(C)C.CC(C)(C)COCCOC(C)(C)C.CC(C)(C)Cc1ccc(C(C)(C)C)cc1.CC(C)(C)N1CCN(C(C)(C)C)CC1.CN(CCCC(C)(C)C)C(C)(C)C. The van der Waals surface area contributed by atoms with Crippen LogP contribution < -0.4 is 5.32 Å². The van der Waals surface area contributed by atoms with Gasteiger partial charge in [0.15, 0.2) is 0 Å². The first-order valence-electron chi connectivity index (χ1n) is 47.2. The van der Waals surface area contributed by atoms with Gasteiger partial charge in [-0.2, -0.15) is 11.8 Å². The van der Waals surface area contributed by atoms with E-state index in [2.05, 4.69) is 437 Å². The van der Waals surface area contributed by atoms with Gasteiger partial charge in [0.25, 0.3) is 0 Å². The minimum atomic E-state index is -0.0505. The smallest absolute Gasteiger partial charge is 0.220 e. The van der Waals surface area contributed by atoms with Crippen LogP contribution in [0.15, 0.2) is 24.3 Å². The topological polar surface area (TPSA) is 66.5 Å². The Bertz CT molecular complexity index is 2320. The summed E-state index contributed by atoms with van der Waals surface area (Å²) in [7, 11) is 2.21. The Morgan fingerprint density at radius 3 is 0.966 bits per heavy atom. The molecule has 0 unspecified atom stereocenters.